The highest BCUT2D eigenvalue weighted by molar-refractivity contribution is 5.83. The lowest BCUT2D eigenvalue weighted by Gasteiger charge is -2.16. The Morgan fingerprint density at radius 2 is 2.07 bits per heavy atom. The Morgan fingerprint density at radius 1 is 1.40 bits per heavy atom. The number of ketones is 1. The van der Waals surface area contributed by atoms with Crippen molar-refractivity contribution < 1.29 is 4.79 Å². The molecular formula is C13H25NO. The van der Waals surface area contributed by atoms with Crippen molar-refractivity contribution in [3.8, 4) is 0 Å². The van der Waals surface area contributed by atoms with Crippen molar-refractivity contribution in [1.82, 2.24) is 0 Å². The van der Waals surface area contributed by atoms with E-state index < -0.39 is 0 Å². The van der Waals surface area contributed by atoms with Gasteiger partial charge in [0, 0.05) is 6.42 Å². The van der Waals surface area contributed by atoms with Crippen molar-refractivity contribution in [3.05, 3.63) is 12.7 Å². The maximum Gasteiger partial charge on any atom is 0.149 e. The van der Waals surface area contributed by atoms with Crippen molar-refractivity contribution in [2.24, 2.45) is 11.7 Å². The number of rotatable bonds is 9. The molecule has 0 aromatic carbocycles. The van der Waals surface area contributed by atoms with E-state index in [2.05, 4.69) is 13.5 Å². The molecule has 0 saturated carbocycles. The molecule has 0 aromatic heterocycles. The average Bonchev–Trinajstić information content (AvgIpc) is 2.26. The van der Waals surface area contributed by atoms with Crippen LogP contribution in [0.5, 0.6) is 0 Å². The molecule has 2 N–H and O–H groups in total. The van der Waals surface area contributed by atoms with E-state index in [-0.39, 0.29) is 11.8 Å². The second-order valence-corrected chi connectivity index (χ2v) is 4.27. The summed E-state index contributed by atoms with van der Waals surface area (Å²) in [6.45, 7) is 7.78. The van der Waals surface area contributed by atoms with Gasteiger partial charge in [-0.05, 0) is 25.2 Å². The Morgan fingerprint density at radius 3 is 2.60 bits per heavy atom. The summed E-state index contributed by atoms with van der Waals surface area (Å²) in [5, 5.41) is 0. The van der Waals surface area contributed by atoms with Crippen molar-refractivity contribution in [1.29, 1.82) is 0 Å². The van der Waals surface area contributed by atoms with Crippen LogP contribution in [0.1, 0.15) is 52.4 Å². The summed E-state index contributed by atoms with van der Waals surface area (Å²) >= 11 is 0. The Bertz CT molecular complexity index is 189. The van der Waals surface area contributed by atoms with Crippen LogP contribution in [0.3, 0.4) is 0 Å². The summed E-state index contributed by atoms with van der Waals surface area (Å²) in [6.07, 6.45) is 7.79. The molecule has 2 heteroatoms. The van der Waals surface area contributed by atoms with Crippen molar-refractivity contribution in [2.45, 2.75) is 58.4 Å². The third-order valence-electron chi connectivity index (χ3n) is 2.96. The predicted molar refractivity (Wildman–Crippen MR) is 65.7 cm³/mol. The van der Waals surface area contributed by atoms with E-state index in [0.29, 0.717) is 12.3 Å². The van der Waals surface area contributed by atoms with E-state index in [9.17, 15) is 4.79 Å². The molecule has 0 heterocycles. The van der Waals surface area contributed by atoms with Crippen molar-refractivity contribution in [3.63, 3.8) is 0 Å². The Labute approximate surface area is 93.9 Å². The molecule has 0 radical (unpaired) electrons. The molecule has 0 bridgehead atoms. The molecule has 0 aliphatic rings. The van der Waals surface area contributed by atoms with Gasteiger partial charge in [-0.1, -0.05) is 32.8 Å². The molecule has 0 rings (SSSR count). The summed E-state index contributed by atoms with van der Waals surface area (Å²) in [4.78, 5) is 11.6. The predicted octanol–water partition coefficient (Wildman–Crippen LogP) is 3.07. The minimum atomic E-state index is -0.255. The lowest BCUT2D eigenvalue weighted by molar-refractivity contribution is -0.121. The number of hydrogen-bond acceptors (Lipinski definition) is 2. The monoisotopic (exact) mass is 211 g/mol. The lowest BCUT2D eigenvalue weighted by atomic mass is 9.93. The van der Waals surface area contributed by atoms with E-state index in [4.69, 9.17) is 5.73 Å². The summed E-state index contributed by atoms with van der Waals surface area (Å²) in [5.41, 5.74) is 5.85. The zero-order chi connectivity index (χ0) is 11.7. The highest BCUT2D eigenvalue weighted by Crippen LogP contribution is 2.11. The van der Waals surface area contributed by atoms with Crippen LogP contribution in [-0.4, -0.2) is 11.8 Å². The van der Waals surface area contributed by atoms with Crippen LogP contribution in [0.15, 0.2) is 12.7 Å². The number of carbonyl (C=O) groups excluding carboxylic acids is 1. The summed E-state index contributed by atoms with van der Waals surface area (Å²) in [5.74, 6) is 0.536. The third kappa shape index (κ3) is 6.45. The van der Waals surface area contributed by atoms with Crippen molar-refractivity contribution >= 4 is 5.78 Å². The molecule has 2 atom stereocenters. The SMILES string of the molecule is C=CCCCCCC(=O)C(N)C(C)CC. The molecular weight excluding hydrogens is 186 g/mol. The van der Waals surface area contributed by atoms with Gasteiger partial charge in [-0.25, -0.2) is 0 Å². The fourth-order valence-corrected chi connectivity index (χ4v) is 1.50. The second kappa shape index (κ2) is 8.66. The minimum Gasteiger partial charge on any atom is -0.321 e. The van der Waals surface area contributed by atoms with Crippen LogP contribution in [-0.2, 0) is 4.79 Å². The highest BCUT2D eigenvalue weighted by atomic mass is 16.1. The summed E-state index contributed by atoms with van der Waals surface area (Å²) in [7, 11) is 0. The molecule has 0 aliphatic heterocycles. The molecule has 2 nitrogen and oxygen atoms in total. The van der Waals surface area contributed by atoms with E-state index in [1.54, 1.807) is 0 Å². The number of hydrogen-bond donors (Lipinski definition) is 1. The molecule has 0 saturated heterocycles. The van der Waals surface area contributed by atoms with Crippen LogP contribution in [0, 0.1) is 5.92 Å². The first-order valence-electron chi connectivity index (χ1n) is 6.02. The fraction of sp³-hybridized carbons (Fsp3) is 0.769. The second-order valence-electron chi connectivity index (χ2n) is 4.27. The maximum atomic E-state index is 11.6. The van der Waals surface area contributed by atoms with Crippen LogP contribution < -0.4 is 5.73 Å². The number of nitrogens with two attached hydrogens (primary N) is 1. The first-order chi connectivity index (χ1) is 7.13. The van der Waals surface area contributed by atoms with Gasteiger partial charge in [0.15, 0.2) is 0 Å². The molecule has 0 amide bonds. The minimum absolute atomic E-state index is 0.225. The zero-order valence-corrected chi connectivity index (χ0v) is 10.2. The number of allylic oxidation sites excluding steroid dienone is 1. The van der Waals surface area contributed by atoms with Crippen LogP contribution in [0.25, 0.3) is 0 Å². The number of carbonyl (C=O) groups is 1. The first-order valence-corrected chi connectivity index (χ1v) is 6.02. The molecule has 0 fully saturated rings. The van der Waals surface area contributed by atoms with Gasteiger partial charge in [0.25, 0.3) is 0 Å². The largest absolute Gasteiger partial charge is 0.321 e. The molecule has 0 aromatic rings. The first kappa shape index (κ1) is 14.4. The van der Waals surface area contributed by atoms with Crippen LogP contribution in [0.4, 0.5) is 0 Å². The van der Waals surface area contributed by atoms with Gasteiger partial charge in [0.1, 0.15) is 5.78 Å². The number of Topliss-reactive ketones (excluding diaryl/α,β-unsaturated/α-hetero) is 1. The molecule has 15 heavy (non-hydrogen) atoms. The van der Waals surface area contributed by atoms with Crippen LogP contribution >= 0.6 is 0 Å². The van der Waals surface area contributed by atoms with Gasteiger partial charge in [0.2, 0.25) is 0 Å². The lowest BCUT2D eigenvalue weighted by Crippen LogP contribution is -2.36. The smallest absolute Gasteiger partial charge is 0.149 e. The van der Waals surface area contributed by atoms with E-state index in [0.717, 1.165) is 32.1 Å². The van der Waals surface area contributed by atoms with Gasteiger partial charge in [-0.2, -0.15) is 0 Å². The van der Waals surface area contributed by atoms with Crippen LogP contribution in [0.2, 0.25) is 0 Å². The van der Waals surface area contributed by atoms with E-state index >= 15 is 0 Å². The maximum absolute atomic E-state index is 11.6. The van der Waals surface area contributed by atoms with Gasteiger partial charge in [0.05, 0.1) is 6.04 Å². The van der Waals surface area contributed by atoms with Gasteiger partial charge < -0.3 is 5.73 Å². The average molecular weight is 211 g/mol. The van der Waals surface area contributed by atoms with Crippen molar-refractivity contribution in [2.75, 3.05) is 0 Å². The molecule has 88 valence electrons. The molecule has 2 unspecified atom stereocenters. The molecule has 0 spiro atoms. The van der Waals surface area contributed by atoms with Gasteiger partial charge in [-0.3, -0.25) is 4.79 Å². The van der Waals surface area contributed by atoms with E-state index in [1.807, 2.05) is 13.0 Å². The molecule has 0 aliphatic carbocycles. The van der Waals surface area contributed by atoms with E-state index in [1.165, 1.54) is 0 Å². The summed E-state index contributed by atoms with van der Waals surface area (Å²) < 4.78 is 0. The van der Waals surface area contributed by atoms with Gasteiger partial charge >= 0.3 is 0 Å². The highest BCUT2D eigenvalue weighted by Gasteiger charge is 2.18. The zero-order valence-electron chi connectivity index (χ0n) is 10.2. The topological polar surface area (TPSA) is 43.1 Å². The summed E-state index contributed by atoms with van der Waals surface area (Å²) in [6, 6.07) is -0.255. The Hall–Kier alpha value is -0.630. The quantitative estimate of drug-likeness (QED) is 0.470. The fourth-order valence-electron chi connectivity index (χ4n) is 1.50. The standard InChI is InChI=1S/C13H25NO/c1-4-6-7-8-9-10-12(15)13(14)11(3)5-2/h4,11,13H,1,5-10,14H2,2-3H3. The number of unbranched alkanes of at least 4 members (excludes halogenated alkanes) is 3. The van der Waals surface area contributed by atoms with Gasteiger partial charge in [-0.15, -0.1) is 6.58 Å². The Kier molecular flexibility index (Phi) is 8.30. The Balaban J connectivity index is 3.60. The normalized spacial score (nSPS) is 14.6. The third-order valence-corrected chi connectivity index (χ3v) is 2.96.